The summed E-state index contributed by atoms with van der Waals surface area (Å²) in [6.07, 6.45) is 4.07. The van der Waals surface area contributed by atoms with Crippen LogP contribution in [0.25, 0.3) is 0 Å². The Morgan fingerprint density at radius 1 is 1.16 bits per heavy atom. The van der Waals surface area contributed by atoms with Crippen LogP contribution in [0.4, 0.5) is 0 Å². The van der Waals surface area contributed by atoms with Crippen LogP contribution in [0, 0.1) is 0 Å². The molecular weight excluding hydrogens is 240 g/mol. The van der Waals surface area contributed by atoms with E-state index in [0.717, 1.165) is 12.0 Å². The first-order chi connectivity index (χ1) is 9.24. The van der Waals surface area contributed by atoms with Gasteiger partial charge in [0.1, 0.15) is 5.75 Å². The molecule has 1 aliphatic rings. The van der Waals surface area contributed by atoms with E-state index in [0.29, 0.717) is 18.7 Å². The van der Waals surface area contributed by atoms with E-state index in [1.54, 1.807) is 41.6 Å². The molecule has 1 N–H and O–H groups in total. The molecule has 1 amide bonds. The Morgan fingerprint density at radius 2 is 1.95 bits per heavy atom. The average molecular weight is 254 g/mol. The van der Waals surface area contributed by atoms with Crippen molar-refractivity contribution < 1.29 is 9.90 Å². The van der Waals surface area contributed by atoms with E-state index < -0.39 is 0 Å². The number of pyridine rings is 1. The summed E-state index contributed by atoms with van der Waals surface area (Å²) in [5, 5.41) is 9.52. The van der Waals surface area contributed by atoms with Crippen molar-refractivity contribution in [1.82, 2.24) is 9.88 Å². The van der Waals surface area contributed by atoms with Gasteiger partial charge < -0.3 is 10.0 Å². The number of hydrogen-bond acceptors (Lipinski definition) is 3. The van der Waals surface area contributed by atoms with E-state index >= 15 is 0 Å². The lowest BCUT2D eigenvalue weighted by molar-refractivity contribution is 0.0734. The average Bonchev–Trinajstić information content (AvgIpc) is 2.46. The number of hydrogen-bond donors (Lipinski definition) is 1. The van der Waals surface area contributed by atoms with Crippen LogP contribution in [-0.4, -0.2) is 27.4 Å². The number of amides is 1. The molecule has 96 valence electrons. The van der Waals surface area contributed by atoms with Gasteiger partial charge >= 0.3 is 0 Å². The smallest absolute Gasteiger partial charge is 0.254 e. The topological polar surface area (TPSA) is 53.4 Å². The maximum Gasteiger partial charge on any atom is 0.254 e. The van der Waals surface area contributed by atoms with Gasteiger partial charge in [0.25, 0.3) is 5.91 Å². The molecule has 1 aliphatic heterocycles. The highest BCUT2D eigenvalue weighted by molar-refractivity contribution is 5.94. The zero-order valence-corrected chi connectivity index (χ0v) is 10.4. The number of carbonyl (C=O) groups excluding carboxylic acids is 1. The predicted octanol–water partition coefficient (Wildman–Crippen LogP) is 1.99. The maximum atomic E-state index is 12.3. The fraction of sp³-hybridized carbons (Fsp3) is 0.200. The third-order valence-electron chi connectivity index (χ3n) is 3.42. The standard InChI is InChI=1S/C15H14N2O2/c18-14-2-1-11-5-8-17(10-13(11)9-14)15(19)12-3-6-16-7-4-12/h1-4,6-7,9,18H,5,8,10H2. The van der Waals surface area contributed by atoms with Crippen LogP contribution in [0.5, 0.6) is 5.75 Å². The molecule has 1 aromatic heterocycles. The van der Waals surface area contributed by atoms with Crippen molar-refractivity contribution in [3.05, 3.63) is 59.4 Å². The largest absolute Gasteiger partial charge is 0.508 e. The molecule has 0 fully saturated rings. The number of fused-ring (bicyclic) bond motifs is 1. The number of nitrogens with zero attached hydrogens (tertiary/aromatic N) is 2. The van der Waals surface area contributed by atoms with E-state index in [2.05, 4.69) is 4.98 Å². The normalized spacial score (nSPS) is 14.0. The first kappa shape index (κ1) is 11.7. The highest BCUT2D eigenvalue weighted by Gasteiger charge is 2.21. The molecule has 0 spiro atoms. The molecule has 19 heavy (non-hydrogen) atoms. The Bertz CT molecular complexity index is 611. The first-order valence-electron chi connectivity index (χ1n) is 6.24. The number of rotatable bonds is 1. The maximum absolute atomic E-state index is 12.3. The minimum Gasteiger partial charge on any atom is -0.508 e. The summed E-state index contributed by atoms with van der Waals surface area (Å²) >= 11 is 0. The summed E-state index contributed by atoms with van der Waals surface area (Å²) in [5.74, 6) is 0.258. The summed E-state index contributed by atoms with van der Waals surface area (Å²) in [6, 6.07) is 8.81. The molecule has 0 saturated heterocycles. The van der Waals surface area contributed by atoms with Gasteiger partial charge in [-0.1, -0.05) is 6.07 Å². The molecule has 3 rings (SSSR count). The molecule has 4 heteroatoms. The van der Waals surface area contributed by atoms with Gasteiger partial charge in [0.15, 0.2) is 0 Å². The van der Waals surface area contributed by atoms with E-state index in [4.69, 9.17) is 0 Å². The molecule has 4 nitrogen and oxygen atoms in total. The fourth-order valence-corrected chi connectivity index (χ4v) is 2.39. The van der Waals surface area contributed by atoms with E-state index in [9.17, 15) is 9.90 Å². The van der Waals surface area contributed by atoms with Gasteiger partial charge in [0, 0.05) is 31.0 Å². The van der Waals surface area contributed by atoms with Crippen LogP contribution in [0.3, 0.4) is 0 Å². The molecule has 0 atom stereocenters. The Kier molecular flexibility index (Phi) is 2.91. The van der Waals surface area contributed by atoms with Gasteiger partial charge in [-0.25, -0.2) is 0 Å². The molecule has 0 bridgehead atoms. The second kappa shape index (κ2) is 4.72. The van der Waals surface area contributed by atoms with Crippen LogP contribution >= 0.6 is 0 Å². The van der Waals surface area contributed by atoms with Crippen molar-refractivity contribution >= 4 is 5.91 Å². The van der Waals surface area contributed by atoms with Crippen molar-refractivity contribution in [2.24, 2.45) is 0 Å². The highest BCUT2D eigenvalue weighted by Crippen LogP contribution is 2.24. The van der Waals surface area contributed by atoms with Gasteiger partial charge in [-0.2, -0.15) is 0 Å². The fourth-order valence-electron chi connectivity index (χ4n) is 2.39. The molecule has 0 aliphatic carbocycles. The number of carbonyl (C=O) groups is 1. The SMILES string of the molecule is O=C(c1ccncc1)N1CCc2ccc(O)cc2C1. The van der Waals surface area contributed by atoms with Crippen LogP contribution < -0.4 is 0 Å². The summed E-state index contributed by atoms with van der Waals surface area (Å²) in [5.41, 5.74) is 2.88. The summed E-state index contributed by atoms with van der Waals surface area (Å²) < 4.78 is 0. The summed E-state index contributed by atoms with van der Waals surface area (Å²) in [6.45, 7) is 1.25. The van der Waals surface area contributed by atoms with E-state index in [1.807, 2.05) is 6.07 Å². The zero-order valence-electron chi connectivity index (χ0n) is 10.4. The number of aromatic hydroxyl groups is 1. The molecule has 0 saturated carbocycles. The molecule has 2 aromatic rings. The molecule has 0 radical (unpaired) electrons. The summed E-state index contributed by atoms with van der Waals surface area (Å²) in [7, 11) is 0. The number of phenolic OH excluding ortho intramolecular Hbond substituents is 1. The number of phenols is 1. The van der Waals surface area contributed by atoms with E-state index in [1.165, 1.54) is 5.56 Å². The van der Waals surface area contributed by atoms with Crippen molar-refractivity contribution in [2.75, 3.05) is 6.54 Å². The lowest BCUT2D eigenvalue weighted by Gasteiger charge is -2.29. The second-order valence-corrected chi connectivity index (χ2v) is 4.67. The van der Waals surface area contributed by atoms with Gasteiger partial charge in [-0.3, -0.25) is 9.78 Å². The molecule has 2 heterocycles. The first-order valence-corrected chi connectivity index (χ1v) is 6.24. The lowest BCUT2D eigenvalue weighted by Crippen LogP contribution is -2.35. The van der Waals surface area contributed by atoms with Crippen molar-refractivity contribution in [1.29, 1.82) is 0 Å². The second-order valence-electron chi connectivity index (χ2n) is 4.67. The van der Waals surface area contributed by atoms with E-state index in [-0.39, 0.29) is 11.7 Å². The zero-order chi connectivity index (χ0) is 13.2. The van der Waals surface area contributed by atoms with Crippen LogP contribution in [0.1, 0.15) is 21.5 Å². The van der Waals surface area contributed by atoms with Gasteiger partial charge in [0.2, 0.25) is 0 Å². The van der Waals surface area contributed by atoms with Crippen molar-refractivity contribution in [3.8, 4) is 5.75 Å². The van der Waals surface area contributed by atoms with Gasteiger partial charge in [0.05, 0.1) is 0 Å². The highest BCUT2D eigenvalue weighted by atomic mass is 16.3. The quantitative estimate of drug-likeness (QED) is 0.846. The van der Waals surface area contributed by atoms with Crippen molar-refractivity contribution in [2.45, 2.75) is 13.0 Å². The van der Waals surface area contributed by atoms with Crippen LogP contribution in [0.2, 0.25) is 0 Å². The third kappa shape index (κ3) is 2.29. The Hall–Kier alpha value is -2.36. The monoisotopic (exact) mass is 254 g/mol. The minimum absolute atomic E-state index is 0.0105. The van der Waals surface area contributed by atoms with Gasteiger partial charge in [-0.05, 0) is 41.8 Å². The lowest BCUT2D eigenvalue weighted by atomic mass is 9.99. The van der Waals surface area contributed by atoms with Crippen molar-refractivity contribution in [3.63, 3.8) is 0 Å². The molecule has 0 unspecified atom stereocenters. The van der Waals surface area contributed by atoms with Crippen LogP contribution in [0.15, 0.2) is 42.7 Å². The molecule has 1 aromatic carbocycles. The third-order valence-corrected chi connectivity index (χ3v) is 3.42. The van der Waals surface area contributed by atoms with Gasteiger partial charge in [-0.15, -0.1) is 0 Å². The summed E-state index contributed by atoms with van der Waals surface area (Å²) in [4.78, 5) is 18.0. The Labute approximate surface area is 111 Å². The Balaban J connectivity index is 1.84. The Morgan fingerprint density at radius 3 is 2.74 bits per heavy atom. The van der Waals surface area contributed by atoms with Crippen LogP contribution in [-0.2, 0) is 13.0 Å². The predicted molar refractivity (Wildman–Crippen MR) is 70.8 cm³/mol. The molecular formula is C15H14N2O2. The number of aromatic nitrogens is 1. The minimum atomic E-state index is 0.0105. The number of benzene rings is 1.